The molecular formula is C22H32N4O4. The van der Waals surface area contributed by atoms with E-state index < -0.39 is 6.04 Å². The summed E-state index contributed by atoms with van der Waals surface area (Å²) in [6.45, 7) is 5.03. The van der Waals surface area contributed by atoms with E-state index >= 15 is 0 Å². The molecule has 30 heavy (non-hydrogen) atoms. The molecule has 0 radical (unpaired) electrons. The second-order valence-corrected chi connectivity index (χ2v) is 8.66. The van der Waals surface area contributed by atoms with Gasteiger partial charge in [0.05, 0.1) is 12.3 Å². The monoisotopic (exact) mass is 416 g/mol. The number of nitrogens with zero attached hydrogens (tertiary/aromatic N) is 3. The molecule has 0 bridgehead atoms. The van der Waals surface area contributed by atoms with Crippen LogP contribution in [0.25, 0.3) is 0 Å². The van der Waals surface area contributed by atoms with Gasteiger partial charge >= 0.3 is 0 Å². The zero-order valence-electron chi connectivity index (χ0n) is 17.7. The first-order valence-corrected chi connectivity index (χ1v) is 11.2. The minimum Gasteiger partial charge on any atom is -0.459 e. The van der Waals surface area contributed by atoms with Crippen LogP contribution in [0, 0.1) is 0 Å². The molecule has 4 rings (SSSR count). The maximum Gasteiger partial charge on any atom is 0.290 e. The van der Waals surface area contributed by atoms with Gasteiger partial charge in [-0.3, -0.25) is 19.3 Å². The van der Waals surface area contributed by atoms with Crippen molar-refractivity contribution < 1.29 is 18.8 Å². The highest BCUT2D eigenvalue weighted by atomic mass is 16.3. The lowest BCUT2D eigenvalue weighted by Gasteiger charge is -2.39. The number of carbonyl (C=O) groups is 3. The zero-order valence-corrected chi connectivity index (χ0v) is 17.7. The Hall–Kier alpha value is -2.35. The van der Waals surface area contributed by atoms with Crippen molar-refractivity contribution in [2.24, 2.45) is 0 Å². The summed E-state index contributed by atoms with van der Waals surface area (Å²) < 4.78 is 5.23. The van der Waals surface area contributed by atoms with E-state index in [2.05, 4.69) is 10.2 Å². The summed E-state index contributed by atoms with van der Waals surface area (Å²) in [7, 11) is 0. The van der Waals surface area contributed by atoms with Gasteiger partial charge in [0.15, 0.2) is 5.76 Å². The van der Waals surface area contributed by atoms with Crippen molar-refractivity contribution in [2.45, 2.75) is 63.6 Å². The van der Waals surface area contributed by atoms with Crippen molar-refractivity contribution in [3.8, 4) is 0 Å². The van der Waals surface area contributed by atoms with Gasteiger partial charge in [-0.15, -0.1) is 0 Å². The van der Waals surface area contributed by atoms with E-state index in [0.717, 1.165) is 19.3 Å². The summed E-state index contributed by atoms with van der Waals surface area (Å²) in [5.41, 5.74) is 0. The number of nitrogens with one attached hydrogen (secondary N) is 1. The predicted molar refractivity (Wildman–Crippen MR) is 111 cm³/mol. The van der Waals surface area contributed by atoms with Crippen molar-refractivity contribution >= 4 is 17.7 Å². The van der Waals surface area contributed by atoms with E-state index in [-0.39, 0.29) is 29.5 Å². The maximum absolute atomic E-state index is 13.1. The Kier molecular flexibility index (Phi) is 6.41. The smallest absolute Gasteiger partial charge is 0.290 e. The minimum atomic E-state index is -0.419. The summed E-state index contributed by atoms with van der Waals surface area (Å²) >= 11 is 0. The Morgan fingerprint density at radius 1 is 1.03 bits per heavy atom. The van der Waals surface area contributed by atoms with E-state index in [4.69, 9.17) is 4.42 Å². The van der Waals surface area contributed by atoms with Crippen LogP contribution >= 0.6 is 0 Å². The molecule has 1 saturated carbocycles. The minimum absolute atomic E-state index is 0.00937. The summed E-state index contributed by atoms with van der Waals surface area (Å²) in [5.74, 6) is 0.163. The standard InChI is InChI=1S/C22H32N4O4/c1-16(20(27)23-17-6-2-3-7-17)24-11-13-25(14-12-24)21(28)18-8-4-10-26(18)22(29)19-9-5-15-30-19/h5,9,15-18H,2-4,6-8,10-14H2,1H3,(H,23,27). The van der Waals surface area contributed by atoms with Gasteiger partial charge in [-0.1, -0.05) is 12.8 Å². The van der Waals surface area contributed by atoms with E-state index in [1.54, 1.807) is 17.0 Å². The molecule has 8 nitrogen and oxygen atoms in total. The Balaban J connectivity index is 1.29. The number of hydrogen-bond donors (Lipinski definition) is 1. The van der Waals surface area contributed by atoms with Crippen LogP contribution in [0.2, 0.25) is 0 Å². The highest BCUT2D eigenvalue weighted by Gasteiger charge is 2.39. The number of amides is 3. The molecule has 1 aromatic rings. The fraction of sp³-hybridized carbons (Fsp3) is 0.682. The van der Waals surface area contributed by atoms with E-state index in [1.165, 1.54) is 19.1 Å². The van der Waals surface area contributed by atoms with Crippen LogP contribution in [0.15, 0.2) is 22.8 Å². The van der Waals surface area contributed by atoms with E-state index in [0.29, 0.717) is 45.2 Å². The molecule has 0 spiro atoms. The fourth-order valence-corrected chi connectivity index (χ4v) is 4.91. The van der Waals surface area contributed by atoms with Crippen LogP contribution in [-0.2, 0) is 9.59 Å². The molecule has 2 saturated heterocycles. The van der Waals surface area contributed by atoms with Crippen LogP contribution < -0.4 is 5.32 Å². The lowest BCUT2D eigenvalue weighted by molar-refractivity contribution is -0.138. The van der Waals surface area contributed by atoms with Crippen LogP contribution in [-0.4, -0.2) is 83.3 Å². The van der Waals surface area contributed by atoms with Crippen LogP contribution in [0.3, 0.4) is 0 Å². The molecule has 1 aromatic heterocycles. The number of furan rings is 1. The second kappa shape index (κ2) is 9.20. The van der Waals surface area contributed by atoms with Crippen molar-refractivity contribution in [1.29, 1.82) is 0 Å². The number of rotatable bonds is 5. The Morgan fingerprint density at radius 3 is 2.43 bits per heavy atom. The molecule has 3 aliphatic rings. The molecule has 8 heteroatoms. The van der Waals surface area contributed by atoms with Gasteiger partial charge in [0.25, 0.3) is 5.91 Å². The quantitative estimate of drug-likeness (QED) is 0.786. The highest BCUT2D eigenvalue weighted by molar-refractivity contribution is 5.96. The third-order valence-electron chi connectivity index (χ3n) is 6.79. The lowest BCUT2D eigenvalue weighted by atomic mass is 10.1. The normalized spacial score (nSPS) is 24.2. The number of hydrogen-bond acceptors (Lipinski definition) is 5. The first kappa shape index (κ1) is 20.9. The summed E-state index contributed by atoms with van der Waals surface area (Å²) in [4.78, 5) is 44.0. The van der Waals surface area contributed by atoms with E-state index in [1.807, 2.05) is 11.8 Å². The molecule has 0 aromatic carbocycles. The van der Waals surface area contributed by atoms with Gasteiger partial charge in [0, 0.05) is 38.8 Å². The average molecular weight is 417 g/mol. The molecule has 2 aliphatic heterocycles. The van der Waals surface area contributed by atoms with Crippen molar-refractivity contribution in [3.05, 3.63) is 24.2 Å². The second-order valence-electron chi connectivity index (χ2n) is 8.66. The molecule has 3 heterocycles. The van der Waals surface area contributed by atoms with Crippen molar-refractivity contribution in [2.75, 3.05) is 32.7 Å². The first-order valence-electron chi connectivity index (χ1n) is 11.2. The third kappa shape index (κ3) is 4.38. The molecule has 2 unspecified atom stereocenters. The van der Waals surface area contributed by atoms with Crippen molar-refractivity contribution in [1.82, 2.24) is 20.0 Å². The predicted octanol–water partition coefficient (Wildman–Crippen LogP) is 1.48. The van der Waals surface area contributed by atoms with Crippen molar-refractivity contribution in [3.63, 3.8) is 0 Å². The lowest BCUT2D eigenvalue weighted by Crippen LogP contribution is -2.58. The number of carbonyl (C=O) groups excluding carboxylic acids is 3. The van der Waals surface area contributed by atoms with Crippen LogP contribution in [0.4, 0.5) is 0 Å². The van der Waals surface area contributed by atoms with Gasteiger partial charge in [-0.2, -0.15) is 0 Å². The van der Waals surface area contributed by atoms with Gasteiger partial charge in [0.1, 0.15) is 6.04 Å². The van der Waals surface area contributed by atoms with Gasteiger partial charge in [-0.05, 0) is 44.7 Å². The molecular weight excluding hydrogens is 384 g/mol. The molecule has 1 N–H and O–H groups in total. The van der Waals surface area contributed by atoms with Crippen LogP contribution in [0.5, 0.6) is 0 Å². The van der Waals surface area contributed by atoms with Gasteiger partial charge < -0.3 is 19.5 Å². The Morgan fingerprint density at radius 2 is 1.77 bits per heavy atom. The first-order chi connectivity index (χ1) is 14.5. The Labute approximate surface area is 177 Å². The Bertz CT molecular complexity index is 751. The molecule has 3 amide bonds. The highest BCUT2D eigenvalue weighted by Crippen LogP contribution is 2.23. The summed E-state index contributed by atoms with van der Waals surface area (Å²) in [6, 6.07) is 3.04. The number of likely N-dealkylation sites (tertiary alicyclic amines) is 1. The maximum atomic E-state index is 13.1. The largest absolute Gasteiger partial charge is 0.459 e. The zero-order chi connectivity index (χ0) is 21.1. The van der Waals surface area contributed by atoms with Crippen LogP contribution in [0.1, 0.15) is 56.0 Å². The third-order valence-corrected chi connectivity index (χ3v) is 6.79. The summed E-state index contributed by atoms with van der Waals surface area (Å²) in [6.07, 6.45) is 7.53. The molecule has 3 fully saturated rings. The fourth-order valence-electron chi connectivity index (χ4n) is 4.91. The molecule has 2 atom stereocenters. The molecule has 1 aliphatic carbocycles. The average Bonchev–Trinajstić information content (AvgIpc) is 3.54. The van der Waals surface area contributed by atoms with Gasteiger partial charge in [-0.25, -0.2) is 0 Å². The van der Waals surface area contributed by atoms with Gasteiger partial charge in [0.2, 0.25) is 11.8 Å². The number of piperazine rings is 1. The topological polar surface area (TPSA) is 86.1 Å². The van der Waals surface area contributed by atoms with E-state index in [9.17, 15) is 14.4 Å². The molecule has 164 valence electrons. The SMILES string of the molecule is CC(C(=O)NC1CCCC1)N1CCN(C(=O)C2CCCN2C(=O)c2ccco2)CC1. The summed E-state index contributed by atoms with van der Waals surface area (Å²) in [5, 5.41) is 3.17.